The lowest BCUT2D eigenvalue weighted by molar-refractivity contribution is -0.159. The Labute approximate surface area is 102 Å². The summed E-state index contributed by atoms with van der Waals surface area (Å²) in [5.41, 5.74) is -0.0625. The number of carbonyl (C=O) groups is 1. The van der Waals surface area contributed by atoms with E-state index in [0.717, 1.165) is 12.3 Å². The molecule has 0 aliphatic carbocycles. The lowest BCUT2D eigenvalue weighted by Gasteiger charge is -2.16. The van der Waals surface area contributed by atoms with E-state index in [-0.39, 0.29) is 17.3 Å². The number of aliphatic hydroxyl groups is 2. The van der Waals surface area contributed by atoms with E-state index in [0.29, 0.717) is 0 Å². The summed E-state index contributed by atoms with van der Waals surface area (Å²) in [5.74, 6) is -1.84. The van der Waals surface area contributed by atoms with Gasteiger partial charge in [-0.25, -0.2) is 14.2 Å². The lowest BCUT2D eigenvalue weighted by atomic mass is 10.1. The van der Waals surface area contributed by atoms with Crippen LogP contribution in [-0.4, -0.2) is 33.9 Å². The zero-order valence-electron chi connectivity index (χ0n) is 8.93. The first-order chi connectivity index (χ1) is 7.97. The summed E-state index contributed by atoms with van der Waals surface area (Å²) in [6.45, 7) is 1.62. The summed E-state index contributed by atoms with van der Waals surface area (Å²) in [7, 11) is 0. The molecule has 2 unspecified atom stereocenters. The van der Waals surface area contributed by atoms with Crippen molar-refractivity contribution in [1.29, 1.82) is 0 Å². The van der Waals surface area contributed by atoms with Gasteiger partial charge < -0.3 is 14.9 Å². The van der Waals surface area contributed by atoms with Crippen LogP contribution in [0.5, 0.6) is 0 Å². The second kappa shape index (κ2) is 5.90. The standard InChI is InChI=1S/C10H11ClFNO4/c1-2-17-10(16)8(15)7(14)5-3-6(12)9(11)13-4-5/h3-4,7-8,14-15H,2H2,1H3. The summed E-state index contributed by atoms with van der Waals surface area (Å²) < 4.78 is 17.6. The number of hydrogen-bond donors (Lipinski definition) is 2. The number of ether oxygens (including phenoxy) is 1. The monoisotopic (exact) mass is 263 g/mol. The maximum Gasteiger partial charge on any atom is 0.338 e. The maximum absolute atomic E-state index is 13.0. The Kier molecular flexibility index (Phi) is 4.80. The van der Waals surface area contributed by atoms with Crippen LogP contribution in [0.25, 0.3) is 0 Å². The molecule has 0 spiro atoms. The van der Waals surface area contributed by atoms with Gasteiger partial charge >= 0.3 is 5.97 Å². The van der Waals surface area contributed by atoms with Crippen molar-refractivity contribution in [2.75, 3.05) is 6.61 Å². The lowest BCUT2D eigenvalue weighted by Crippen LogP contribution is -2.30. The van der Waals surface area contributed by atoms with Crippen molar-refractivity contribution in [2.24, 2.45) is 0 Å². The Bertz CT molecular complexity index is 415. The Morgan fingerprint density at radius 3 is 2.82 bits per heavy atom. The molecule has 1 rings (SSSR count). The highest BCUT2D eigenvalue weighted by molar-refractivity contribution is 6.29. The number of rotatable bonds is 4. The van der Waals surface area contributed by atoms with Crippen molar-refractivity contribution in [3.8, 4) is 0 Å². The molecule has 1 aromatic rings. The van der Waals surface area contributed by atoms with Gasteiger partial charge in [-0.05, 0) is 13.0 Å². The molecule has 17 heavy (non-hydrogen) atoms. The molecule has 94 valence electrons. The van der Waals surface area contributed by atoms with E-state index in [1.54, 1.807) is 6.92 Å². The molecule has 2 atom stereocenters. The molecule has 0 aliphatic rings. The highest BCUT2D eigenvalue weighted by Crippen LogP contribution is 2.20. The molecule has 0 saturated heterocycles. The highest BCUT2D eigenvalue weighted by atomic mass is 35.5. The Hall–Kier alpha value is -1.24. The summed E-state index contributed by atoms with van der Waals surface area (Å²) >= 11 is 5.36. The predicted molar refractivity (Wildman–Crippen MR) is 56.8 cm³/mol. The van der Waals surface area contributed by atoms with Gasteiger partial charge in [0.05, 0.1) is 6.61 Å². The van der Waals surface area contributed by atoms with Crippen LogP contribution in [0.15, 0.2) is 12.3 Å². The molecule has 7 heteroatoms. The average Bonchev–Trinajstić information content (AvgIpc) is 2.31. The number of aromatic nitrogens is 1. The predicted octanol–water partition coefficient (Wildman–Crippen LogP) is 0.832. The highest BCUT2D eigenvalue weighted by Gasteiger charge is 2.27. The van der Waals surface area contributed by atoms with Gasteiger partial charge in [-0.1, -0.05) is 11.6 Å². The van der Waals surface area contributed by atoms with Gasteiger partial charge in [-0.15, -0.1) is 0 Å². The van der Waals surface area contributed by atoms with Crippen molar-refractivity contribution in [2.45, 2.75) is 19.1 Å². The molecule has 2 N–H and O–H groups in total. The number of pyridine rings is 1. The molecule has 0 aliphatic heterocycles. The number of hydrogen-bond acceptors (Lipinski definition) is 5. The second-order valence-corrected chi connectivity index (χ2v) is 3.54. The van der Waals surface area contributed by atoms with Gasteiger partial charge in [0.25, 0.3) is 0 Å². The van der Waals surface area contributed by atoms with Crippen LogP contribution in [0.4, 0.5) is 4.39 Å². The number of halogens is 2. The van der Waals surface area contributed by atoms with E-state index in [4.69, 9.17) is 11.6 Å². The van der Waals surface area contributed by atoms with E-state index in [9.17, 15) is 19.4 Å². The third-order valence-corrected chi connectivity index (χ3v) is 2.26. The number of carbonyl (C=O) groups excluding carboxylic acids is 1. The average molecular weight is 264 g/mol. The largest absolute Gasteiger partial charge is 0.464 e. The first kappa shape index (κ1) is 13.8. The zero-order chi connectivity index (χ0) is 13.0. The summed E-state index contributed by atoms with van der Waals surface area (Å²) in [5, 5.41) is 18.7. The quantitative estimate of drug-likeness (QED) is 0.621. The van der Waals surface area contributed by atoms with Crippen LogP contribution in [0.1, 0.15) is 18.6 Å². The normalized spacial score (nSPS) is 14.2. The van der Waals surface area contributed by atoms with Crippen molar-refractivity contribution >= 4 is 17.6 Å². The first-order valence-electron chi connectivity index (χ1n) is 4.81. The van der Waals surface area contributed by atoms with Crippen LogP contribution in [0.3, 0.4) is 0 Å². The third kappa shape index (κ3) is 3.36. The van der Waals surface area contributed by atoms with Gasteiger partial charge in [0.15, 0.2) is 17.1 Å². The summed E-state index contributed by atoms with van der Waals surface area (Å²) in [6.07, 6.45) is -2.34. The Morgan fingerprint density at radius 1 is 1.65 bits per heavy atom. The van der Waals surface area contributed by atoms with E-state index in [1.807, 2.05) is 0 Å². The second-order valence-electron chi connectivity index (χ2n) is 3.18. The summed E-state index contributed by atoms with van der Waals surface area (Å²) in [4.78, 5) is 14.6. The van der Waals surface area contributed by atoms with Gasteiger partial charge in [-0.3, -0.25) is 0 Å². The minimum Gasteiger partial charge on any atom is -0.464 e. The molecule has 0 aromatic carbocycles. The van der Waals surface area contributed by atoms with Gasteiger partial charge in [-0.2, -0.15) is 0 Å². The van der Waals surface area contributed by atoms with Crippen molar-refractivity contribution < 1.29 is 24.1 Å². The topological polar surface area (TPSA) is 79.7 Å². The molecule has 5 nitrogen and oxygen atoms in total. The SMILES string of the molecule is CCOC(=O)C(O)C(O)c1cnc(Cl)c(F)c1. The maximum atomic E-state index is 13.0. The molecule has 1 aromatic heterocycles. The minimum absolute atomic E-state index is 0.0625. The Balaban J connectivity index is 2.84. The minimum atomic E-state index is -1.79. The van der Waals surface area contributed by atoms with Gasteiger partial charge in [0.1, 0.15) is 6.10 Å². The van der Waals surface area contributed by atoms with Crippen LogP contribution in [0.2, 0.25) is 5.15 Å². The smallest absolute Gasteiger partial charge is 0.338 e. The summed E-state index contributed by atoms with van der Waals surface area (Å²) in [6, 6.07) is 0.891. The fourth-order valence-corrected chi connectivity index (χ4v) is 1.24. The molecule has 0 fully saturated rings. The Morgan fingerprint density at radius 2 is 2.29 bits per heavy atom. The zero-order valence-corrected chi connectivity index (χ0v) is 9.69. The van der Waals surface area contributed by atoms with E-state index >= 15 is 0 Å². The molecule has 0 radical (unpaired) electrons. The molecule has 0 amide bonds. The third-order valence-electron chi connectivity index (χ3n) is 1.99. The first-order valence-corrected chi connectivity index (χ1v) is 5.18. The molecule has 1 heterocycles. The number of nitrogens with zero attached hydrogens (tertiary/aromatic N) is 1. The molecule has 0 bridgehead atoms. The van der Waals surface area contributed by atoms with E-state index < -0.39 is 24.0 Å². The van der Waals surface area contributed by atoms with Crippen LogP contribution < -0.4 is 0 Å². The van der Waals surface area contributed by atoms with Crippen molar-refractivity contribution in [3.05, 3.63) is 28.8 Å². The van der Waals surface area contributed by atoms with Crippen molar-refractivity contribution in [3.63, 3.8) is 0 Å². The van der Waals surface area contributed by atoms with Crippen LogP contribution in [0, 0.1) is 5.82 Å². The fourth-order valence-electron chi connectivity index (χ4n) is 1.14. The van der Waals surface area contributed by atoms with Crippen LogP contribution >= 0.6 is 11.6 Å². The van der Waals surface area contributed by atoms with Crippen molar-refractivity contribution in [1.82, 2.24) is 4.98 Å². The van der Waals surface area contributed by atoms with Gasteiger partial charge in [0, 0.05) is 11.8 Å². The van der Waals surface area contributed by atoms with Crippen LogP contribution in [-0.2, 0) is 9.53 Å². The fraction of sp³-hybridized carbons (Fsp3) is 0.400. The molecule has 0 saturated carbocycles. The molecular formula is C10H11ClFNO4. The number of esters is 1. The molecular weight excluding hydrogens is 253 g/mol. The van der Waals surface area contributed by atoms with Gasteiger partial charge in [0.2, 0.25) is 0 Å². The van der Waals surface area contributed by atoms with E-state index in [2.05, 4.69) is 9.72 Å². The van der Waals surface area contributed by atoms with E-state index in [1.165, 1.54) is 0 Å². The number of aliphatic hydroxyl groups excluding tert-OH is 2.